The van der Waals surface area contributed by atoms with Gasteiger partial charge in [0.15, 0.2) is 5.84 Å². The fourth-order valence-corrected chi connectivity index (χ4v) is 8.79. The minimum Gasteiger partial charge on any atom is -0.316 e. The van der Waals surface area contributed by atoms with Gasteiger partial charge in [-0.05, 0) is 45.4 Å². The van der Waals surface area contributed by atoms with E-state index in [1.54, 1.807) is 0 Å². The first kappa shape index (κ1) is 31.4. The van der Waals surface area contributed by atoms with Gasteiger partial charge in [0, 0.05) is 39.5 Å². The molecular weight excluding hydrogens is 643 g/mol. The van der Waals surface area contributed by atoms with E-state index in [2.05, 4.69) is 188 Å². The minimum absolute atomic E-state index is 0.212. The van der Waals surface area contributed by atoms with Crippen LogP contribution in [-0.4, -0.2) is 16.1 Å². The molecule has 1 aromatic heterocycles. The normalized spacial score (nSPS) is 16.8. The number of amidine groups is 1. The molecule has 0 spiro atoms. The van der Waals surface area contributed by atoms with Crippen LogP contribution in [0.3, 0.4) is 0 Å². The number of allylic oxidation sites excluding steroid dienone is 2. The van der Waals surface area contributed by atoms with Gasteiger partial charge in [-0.2, -0.15) is 0 Å². The third kappa shape index (κ3) is 5.10. The van der Waals surface area contributed by atoms with Crippen LogP contribution in [0.2, 0.25) is 0 Å². The Labute approximate surface area is 311 Å². The van der Waals surface area contributed by atoms with E-state index in [9.17, 15) is 0 Å². The first-order valence-electron chi connectivity index (χ1n) is 18.7. The quantitative estimate of drug-likeness (QED) is 0.177. The number of nitrogens with zero attached hydrogens (tertiary/aromatic N) is 3. The molecule has 0 radical (unpaired) electrons. The average molecular weight is 682 g/mol. The highest BCUT2D eigenvalue weighted by molar-refractivity contribution is 6.15. The molecule has 2 heterocycles. The highest BCUT2D eigenvalue weighted by Crippen LogP contribution is 2.54. The Morgan fingerprint density at radius 2 is 1.19 bits per heavy atom. The van der Waals surface area contributed by atoms with Crippen LogP contribution in [0.15, 0.2) is 168 Å². The summed E-state index contributed by atoms with van der Waals surface area (Å²) in [5.41, 5.74) is 16.8. The highest BCUT2D eigenvalue weighted by Gasteiger charge is 2.38. The fraction of sp³-hybridized carbons (Fsp3) is 0.120. The van der Waals surface area contributed by atoms with Crippen molar-refractivity contribution in [3.63, 3.8) is 0 Å². The number of benzene rings is 6. The van der Waals surface area contributed by atoms with Crippen molar-refractivity contribution >= 4 is 34.6 Å². The van der Waals surface area contributed by atoms with Gasteiger partial charge in [0.25, 0.3) is 0 Å². The maximum absolute atomic E-state index is 5.61. The van der Waals surface area contributed by atoms with Gasteiger partial charge in [0.1, 0.15) is 6.17 Å². The van der Waals surface area contributed by atoms with E-state index in [0.717, 1.165) is 29.1 Å². The molecule has 0 fully saturated rings. The molecule has 3 nitrogen and oxygen atoms in total. The van der Waals surface area contributed by atoms with Gasteiger partial charge >= 0.3 is 0 Å². The number of rotatable bonds is 4. The van der Waals surface area contributed by atoms with Gasteiger partial charge in [-0.1, -0.05) is 184 Å². The Hall–Kier alpha value is -6.32. The molecule has 10 rings (SSSR count). The first-order chi connectivity index (χ1) is 26.1. The Bertz CT molecular complexity index is 2670. The Balaban J connectivity index is 1.27. The monoisotopic (exact) mass is 681 g/mol. The third-order valence-corrected chi connectivity index (χ3v) is 11.4. The maximum atomic E-state index is 5.61. The summed E-state index contributed by atoms with van der Waals surface area (Å²) in [6.45, 7) is 4.75. The largest absolute Gasteiger partial charge is 0.316 e. The number of hydrogen-bond acceptors (Lipinski definition) is 2. The molecule has 0 bridgehead atoms. The SMILES string of the molecule is CC1(C)c2ccccc2-c2c(n(C3CC(c4ccc(-c5ccccc5)cc4)=NC(c4ccccc4)=N3)c3c4c(ccc23)C=CCC=C4)-c2ccccc21. The molecule has 0 saturated heterocycles. The van der Waals surface area contributed by atoms with Crippen molar-refractivity contribution in [2.45, 2.75) is 38.3 Å². The standard InChI is InChI=1S/C50H39N3/c1-50(2)42-24-14-12-22-39(42)46-41-31-30-35-18-8-5-11-21-38(35)47(41)53(48(46)40-23-13-15-25-43(40)50)45-32-44(51-49(52-45)37-19-9-4-10-20-37)36-28-26-34(27-29-36)33-16-6-3-7-17-33/h3-4,6-31,45H,5,32H2,1-2H3. The molecule has 1 aliphatic heterocycles. The second kappa shape index (κ2) is 12.4. The maximum Gasteiger partial charge on any atom is 0.156 e. The molecule has 2 aliphatic carbocycles. The molecule has 1 atom stereocenters. The smallest absolute Gasteiger partial charge is 0.156 e. The van der Waals surface area contributed by atoms with Crippen LogP contribution in [0.25, 0.3) is 56.6 Å². The molecule has 7 aromatic rings. The summed E-state index contributed by atoms with van der Waals surface area (Å²) >= 11 is 0. The van der Waals surface area contributed by atoms with Crippen LogP contribution in [0.5, 0.6) is 0 Å². The fourth-order valence-electron chi connectivity index (χ4n) is 8.79. The van der Waals surface area contributed by atoms with Crippen molar-refractivity contribution in [1.82, 2.24) is 4.57 Å². The van der Waals surface area contributed by atoms with Gasteiger partial charge < -0.3 is 4.57 Å². The Kier molecular flexibility index (Phi) is 7.36. The summed E-state index contributed by atoms with van der Waals surface area (Å²) < 4.78 is 2.58. The zero-order chi connectivity index (χ0) is 35.5. The molecule has 6 aromatic carbocycles. The summed E-state index contributed by atoms with van der Waals surface area (Å²) in [5.74, 6) is 0.764. The third-order valence-electron chi connectivity index (χ3n) is 11.4. The van der Waals surface area contributed by atoms with Crippen molar-refractivity contribution in [3.05, 3.63) is 191 Å². The summed E-state index contributed by atoms with van der Waals surface area (Å²) in [5, 5.41) is 1.26. The minimum atomic E-state index is -0.244. The van der Waals surface area contributed by atoms with Crippen LogP contribution >= 0.6 is 0 Å². The molecule has 53 heavy (non-hydrogen) atoms. The molecule has 254 valence electrons. The van der Waals surface area contributed by atoms with Gasteiger partial charge in [0.2, 0.25) is 0 Å². The van der Waals surface area contributed by atoms with Crippen LogP contribution in [0.1, 0.15) is 66.2 Å². The molecule has 1 unspecified atom stereocenters. The lowest BCUT2D eigenvalue weighted by Gasteiger charge is -2.29. The molecule has 0 N–H and O–H groups in total. The lowest BCUT2D eigenvalue weighted by molar-refractivity contribution is 0.561. The van der Waals surface area contributed by atoms with Gasteiger partial charge in [0.05, 0.1) is 16.9 Å². The van der Waals surface area contributed by atoms with Crippen LogP contribution in [-0.2, 0) is 5.41 Å². The highest BCUT2D eigenvalue weighted by atomic mass is 15.2. The van der Waals surface area contributed by atoms with Crippen LogP contribution in [0.4, 0.5) is 0 Å². The van der Waals surface area contributed by atoms with E-state index in [-0.39, 0.29) is 11.6 Å². The Morgan fingerprint density at radius 1 is 0.585 bits per heavy atom. The average Bonchev–Trinajstić information content (AvgIpc) is 3.32. The zero-order valence-corrected chi connectivity index (χ0v) is 30.0. The molecule has 0 amide bonds. The topological polar surface area (TPSA) is 29.6 Å². The van der Waals surface area contributed by atoms with Crippen molar-refractivity contribution in [2.75, 3.05) is 0 Å². The van der Waals surface area contributed by atoms with Crippen molar-refractivity contribution < 1.29 is 0 Å². The second-order valence-electron chi connectivity index (χ2n) is 14.8. The van der Waals surface area contributed by atoms with E-state index in [1.807, 2.05) is 0 Å². The van der Waals surface area contributed by atoms with E-state index in [1.165, 1.54) is 66.7 Å². The van der Waals surface area contributed by atoms with Crippen molar-refractivity contribution in [1.29, 1.82) is 0 Å². The molecule has 3 aliphatic rings. The molecule has 3 heteroatoms. The summed E-state index contributed by atoms with van der Waals surface area (Å²) in [7, 11) is 0. The molecule has 0 saturated carbocycles. The zero-order valence-electron chi connectivity index (χ0n) is 30.0. The molecular formula is C50H39N3. The van der Waals surface area contributed by atoms with E-state index >= 15 is 0 Å². The summed E-state index contributed by atoms with van der Waals surface area (Å²) in [6.07, 6.45) is 10.5. The first-order valence-corrected chi connectivity index (χ1v) is 18.7. The number of fused-ring (bicyclic) bond motifs is 9. The van der Waals surface area contributed by atoms with Crippen molar-refractivity contribution in [3.8, 4) is 33.5 Å². The van der Waals surface area contributed by atoms with Gasteiger partial charge in [-0.3, -0.25) is 0 Å². The number of aromatic nitrogens is 1. The number of hydrogen-bond donors (Lipinski definition) is 0. The van der Waals surface area contributed by atoms with Crippen LogP contribution < -0.4 is 0 Å². The predicted molar refractivity (Wildman–Crippen MR) is 223 cm³/mol. The summed E-state index contributed by atoms with van der Waals surface area (Å²) in [6, 6.07) is 52.7. The summed E-state index contributed by atoms with van der Waals surface area (Å²) in [4.78, 5) is 10.9. The van der Waals surface area contributed by atoms with E-state index < -0.39 is 0 Å². The lowest BCUT2D eigenvalue weighted by Crippen LogP contribution is -2.23. The van der Waals surface area contributed by atoms with E-state index in [0.29, 0.717) is 6.42 Å². The predicted octanol–water partition coefficient (Wildman–Crippen LogP) is 12.6. The van der Waals surface area contributed by atoms with Crippen LogP contribution in [0, 0.1) is 0 Å². The second-order valence-corrected chi connectivity index (χ2v) is 14.8. The Morgan fingerprint density at radius 3 is 1.94 bits per heavy atom. The van der Waals surface area contributed by atoms with Crippen molar-refractivity contribution in [2.24, 2.45) is 9.98 Å². The van der Waals surface area contributed by atoms with Gasteiger partial charge in [-0.15, -0.1) is 0 Å². The lowest BCUT2D eigenvalue weighted by atomic mass is 9.75. The van der Waals surface area contributed by atoms with E-state index in [4.69, 9.17) is 9.98 Å². The number of aliphatic imine (C=N–C) groups is 2. The van der Waals surface area contributed by atoms with Gasteiger partial charge in [-0.25, -0.2) is 9.98 Å².